The molecule has 0 aliphatic rings. The Morgan fingerprint density at radius 1 is 1.38 bits per heavy atom. The van der Waals surface area contributed by atoms with E-state index >= 15 is 0 Å². The van der Waals surface area contributed by atoms with Crippen LogP contribution >= 0.6 is 0 Å². The van der Waals surface area contributed by atoms with Gasteiger partial charge in [0.15, 0.2) is 0 Å². The summed E-state index contributed by atoms with van der Waals surface area (Å²) in [5.74, 6) is 0.978. The first kappa shape index (κ1) is 12.7. The lowest BCUT2D eigenvalue weighted by atomic mass is 9.90. The number of carbonyl (C=O) groups excluding carboxylic acids is 1. The molecule has 2 unspecified atom stereocenters. The quantitative estimate of drug-likeness (QED) is 0.589. The molecule has 0 aromatic heterocycles. The maximum Gasteiger partial charge on any atom is 0.136 e. The first-order valence-electron chi connectivity index (χ1n) is 5.47. The molecule has 0 fully saturated rings. The topological polar surface area (TPSA) is 17.1 Å². The van der Waals surface area contributed by atoms with Crippen molar-refractivity contribution in [1.82, 2.24) is 0 Å². The highest BCUT2D eigenvalue weighted by Gasteiger charge is 2.16. The number of Topliss-reactive ketones (excluding diaryl/α,β-unsaturated/α-hetero) is 1. The number of hydrogen-bond donors (Lipinski definition) is 0. The van der Waals surface area contributed by atoms with Crippen molar-refractivity contribution in [3.8, 4) is 0 Å². The Labute approximate surface area is 82.9 Å². The van der Waals surface area contributed by atoms with E-state index in [4.69, 9.17) is 0 Å². The van der Waals surface area contributed by atoms with Gasteiger partial charge in [-0.25, -0.2) is 0 Å². The van der Waals surface area contributed by atoms with Crippen LogP contribution in [0.4, 0.5) is 0 Å². The summed E-state index contributed by atoms with van der Waals surface area (Å²) in [6, 6.07) is 0. The highest BCUT2D eigenvalue weighted by atomic mass is 16.1. The molecule has 2 atom stereocenters. The largest absolute Gasteiger partial charge is 0.299 e. The zero-order valence-electron chi connectivity index (χ0n) is 9.31. The maximum atomic E-state index is 11.7. The minimum absolute atomic E-state index is 0.267. The number of ketones is 1. The van der Waals surface area contributed by atoms with Gasteiger partial charge >= 0.3 is 0 Å². The van der Waals surface area contributed by atoms with Crippen LogP contribution in [0.1, 0.15) is 52.9 Å². The van der Waals surface area contributed by atoms with E-state index < -0.39 is 0 Å². The number of unbranched alkanes of at least 4 members (excludes halogenated alkanes) is 1. The number of hydrogen-bond acceptors (Lipinski definition) is 1. The molecule has 0 rings (SSSR count). The molecule has 1 heteroatoms. The van der Waals surface area contributed by atoms with Gasteiger partial charge in [0.25, 0.3) is 0 Å². The third-order valence-corrected chi connectivity index (χ3v) is 2.40. The zero-order valence-corrected chi connectivity index (χ0v) is 9.31. The molecule has 0 amide bonds. The van der Waals surface area contributed by atoms with Crippen LogP contribution in [0.3, 0.4) is 0 Å². The molecule has 77 valence electrons. The number of rotatable bonds is 7. The summed E-state index contributed by atoms with van der Waals surface area (Å²) >= 11 is 0. The Morgan fingerprint density at radius 3 is 2.38 bits per heavy atom. The van der Waals surface area contributed by atoms with Crippen LogP contribution in [0.25, 0.3) is 0 Å². The van der Waals surface area contributed by atoms with Crippen LogP contribution in [0.15, 0.2) is 0 Å². The molecule has 0 saturated carbocycles. The summed E-state index contributed by atoms with van der Waals surface area (Å²) in [4.78, 5) is 11.7. The molecule has 0 saturated heterocycles. The first-order chi connectivity index (χ1) is 6.11. The Hall–Kier alpha value is -0.330. The minimum Gasteiger partial charge on any atom is -0.299 e. The molecule has 0 aliphatic heterocycles. The van der Waals surface area contributed by atoms with Crippen LogP contribution in [0.5, 0.6) is 0 Å². The molecule has 1 radical (unpaired) electrons. The van der Waals surface area contributed by atoms with Gasteiger partial charge in [0.05, 0.1) is 0 Å². The van der Waals surface area contributed by atoms with E-state index in [1.807, 2.05) is 6.92 Å². The van der Waals surface area contributed by atoms with Crippen molar-refractivity contribution in [2.45, 2.75) is 52.9 Å². The minimum atomic E-state index is 0.267. The predicted molar refractivity (Wildman–Crippen MR) is 57.5 cm³/mol. The molecular weight excluding hydrogens is 160 g/mol. The van der Waals surface area contributed by atoms with Crippen molar-refractivity contribution in [3.63, 3.8) is 0 Å². The second-order valence-electron chi connectivity index (χ2n) is 4.02. The monoisotopic (exact) mass is 183 g/mol. The molecule has 0 aromatic rings. The Balaban J connectivity index is 3.84. The van der Waals surface area contributed by atoms with E-state index in [-0.39, 0.29) is 5.92 Å². The third-order valence-electron chi connectivity index (χ3n) is 2.40. The fraction of sp³-hybridized carbons (Fsp3) is 0.833. The Kier molecular flexibility index (Phi) is 6.93. The lowest BCUT2D eigenvalue weighted by Gasteiger charge is -2.14. The van der Waals surface area contributed by atoms with Crippen LogP contribution in [-0.4, -0.2) is 5.78 Å². The average Bonchev–Trinajstić information content (AvgIpc) is 2.04. The van der Waals surface area contributed by atoms with Crippen molar-refractivity contribution >= 4 is 5.78 Å². The van der Waals surface area contributed by atoms with Gasteiger partial charge in [0.2, 0.25) is 0 Å². The van der Waals surface area contributed by atoms with E-state index in [1.54, 1.807) is 0 Å². The predicted octanol–water partition coefficient (Wildman–Crippen LogP) is 3.63. The highest BCUT2D eigenvalue weighted by molar-refractivity contribution is 5.81. The summed E-state index contributed by atoms with van der Waals surface area (Å²) in [7, 11) is 0. The highest BCUT2D eigenvalue weighted by Crippen LogP contribution is 2.17. The van der Waals surface area contributed by atoms with Gasteiger partial charge < -0.3 is 0 Å². The fourth-order valence-corrected chi connectivity index (χ4v) is 1.55. The van der Waals surface area contributed by atoms with Crippen molar-refractivity contribution < 1.29 is 4.79 Å². The van der Waals surface area contributed by atoms with Gasteiger partial charge in [-0.05, 0) is 18.8 Å². The van der Waals surface area contributed by atoms with Crippen molar-refractivity contribution in [2.75, 3.05) is 0 Å². The van der Waals surface area contributed by atoms with Gasteiger partial charge in [-0.15, -0.1) is 0 Å². The van der Waals surface area contributed by atoms with Crippen LogP contribution < -0.4 is 0 Å². The normalized spacial score (nSPS) is 13.3. The molecule has 13 heavy (non-hydrogen) atoms. The molecule has 0 aromatic carbocycles. The summed E-state index contributed by atoms with van der Waals surface area (Å²) in [5, 5.41) is 0. The van der Waals surface area contributed by atoms with Crippen LogP contribution in [-0.2, 0) is 4.79 Å². The molecule has 1 nitrogen and oxygen atoms in total. The SMILES string of the molecule is [CH2]C(C)CC(=O)C(CC)CCCC. The summed E-state index contributed by atoms with van der Waals surface area (Å²) in [5.41, 5.74) is 0. The lowest BCUT2D eigenvalue weighted by Crippen LogP contribution is -2.15. The zero-order chi connectivity index (χ0) is 10.3. The Bertz CT molecular complexity index is 138. The van der Waals surface area contributed by atoms with Crippen LogP contribution in [0.2, 0.25) is 0 Å². The molecule has 0 spiro atoms. The standard InChI is InChI=1S/C12H23O/c1-5-7-8-11(6-2)12(13)9-10(3)4/h10-11H,3,5-9H2,1-2,4H3. The van der Waals surface area contributed by atoms with E-state index in [9.17, 15) is 4.79 Å². The van der Waals surface area contributed by atoms with E-state index in [0.717, 1.165) is 12.8 Å². The molecule has 0 N–H and O–H groups in total. The van der Waals surface area contributed by atoms with Crippen LogP contribution in [0, 0.1) is 18.8 Å². The summed E-state index contributed by atoms with van der Waals surface area (Å²) in [6.45, 7) is 10.1. The van der Waals surface area contributed by atoms with Gasteiger partial charge in [-0.3, -0.25) is 4.79 Å². The van der Waals surface area contributed by atoms with Gasteiger partial charge in [0, 0.05) is 12.3 Å². The van der Waals surface area contributed by atoms with E-state index in [1.165, 1.54) is 12.8 Å². The molecular formula is C12H23O. The van der Waals surface area contributed by atoms with E-state index in [2.05, 4.69) is 20.8 Å². The van der Waals surface area contributed by atoms with Gasteiger partial charge in [0.1, 0.15) is 5.78 Å². The second kappa shape index (κ2) is 7.11. The average molecular weight is 183 g/mol. The Morgan fingerprint density at radius 2 is 2.00 bits per heavy atom. The first-order valence-corrected chi connectivity index (χ1v) is 5.47. The summed E-state index contributed by atoms with van der Waals surface area (Å²) in [6.07, 6.45) is 5.08. The third kappa shape index (κ3) is 5.84. The van der Waals surface area contributed by atoms with E-state index in [0.29, 0.717) is 18.1 Å². The lowest BCUT2D eigenvalue weighted by molar-refractivity contribution is -0.123. The smallest absolute Gasteiger partial charge is 0.136 e. The van der Waals surface area contributed by atoms with Crippen molar-refractivity contribution in [2.24, 2.45) is 11.8 Å². The molecule has 0 bridgehead atoms. The molecule has 0 aliphatic carbocycles. The number of carbonyl (C=O) groups is 1. The van der Waals surface area contributed by atoms with Crippen molar-refractivity contribution in [3.05, 3.63) is 6.92 Å². The van der Waals surface area contributed by atoms with Crippen molar-refractivity contribution in [1.29, 1.82) is 0 Å². The summed E-state index contributed by atoms with van der Waals surface area (Å²) < 4.78 is 0. The van der Waals surface area contributed by atoms with Gasteiger partial charge in [-0.2, -0.15) is 0 Å². The maximum absolute atomic E-state index is 11.7. The van der Waals surface area contributed by atoms with Gasteiger partial charge in [-0.1, -0.05) is 40.5 Å². The molecule has 0 heterocycles. The fourth-order valence-electron chi connectivity index (χ4n) is 1.55. The second-order valence-corrected chi connectivity index (χ2v) is 4.02.